The van der Waals surface area contributed by atoms with Gasteiger partial charge < -0.3 is 15.0 Å². The summed E-state index contributed by atoms with van der Waals surface area (Å²) in [6, 6.07) is 15.8. The van der Waals surface area contributed by atoms with Crippen LogP contribution in [0.4, 0.5) is 5.69 Å². The van der Waals surface area contributed by atoms with Crippen molar-refractivity contribution >= 4 is 27.5 Å². The first-order valence-corrected chi connectivity index (χ1v) is 8.48. The van der Waals surface area contributed by atoms with Crippen molar-refractivity contribution in [1.29, 1.82) is 0 Å². The van der Waals surface area contributed by atoms with E-state index in [4.69, 9.17) is 4.74 Å². The van der Waals surface area contributed by atoms with Crippen LogP contribution in [0.15, 0.2) is 53.0 Å². The molecule has 2 aromatic rings. The van der Waals surface area contributed by atoms with Gasteiger partial charge in [-0.25, -0.2) is 0 Å². The van der Waals surface area contributed by atoms with Crippen molar-refractivity contribution in [1.82, 2.24) is 5.32 Å². The van der Waals surface area contributed by atoms with Gasteiger partial charge in [-0.3, -0.25) is 4.79 Å². The zero-order valence-electron chi connectivity index (χ0n) is 12.8. The van der Waals surface area contributed by atoms with Gasteiger partial charge in [0.1, 0.15) is 0 Å². The summed E-state index contributed by atoms with van der Waals surface area (Å²) in [5.74, 6) is -0.0743. The van der Waals surface area contributed by atoms with E-state index in [1.165, 1.54) is 5.69 Å². The predicted octanol–water partition coefficient (Wildman–Crippen LogP) is 3.22. The van der Waals surface area contributed by atoms with Crippen molar-refractivity contribution in [3.63, 3.8) is 0 Å². The van der Waals surface area contributed by atoms with Gasteiger partial charge in [0, 0.05) is 29.8 Å². The number of anilines is 1. The average molecular weight is 375 g/mol. The summed E-state index contributed by atoms with van der Waals surface area (Å²) < 4.78 is 6.17. The van der Waals surface area contributed by atoms with E-state index in [-0.39, 0.29) is 5.91 Å². The Hall–Kier alpha value is -1.85. The minimum Gasteiger partial charge on any atom is -0.378 e. The third-order valence-electron chi connectivity index (χ3n) is 3.88. The molecule has 0 aliphatic carbocycles. The molecule has 1 aliphatic rings. The van der Waals surface area contributed by atoms with Crippen molar-refractivity contribution in [2.24, 2.45) is 0 Å². The Morgan fingerprint density at radius 2 is 1.78 bits per heavy atom. The van der Waals surface area contributed by atoms with Gasteiger partial charge in [-0.15, -0.1) is 0 Å². The first-order chi connectivity index (χ1) is 11.2. The lowest BCUT2D eigenvalue weighted by molar-refractivity contribution is 0.0950. The van der Waals surface area contributed by atoms with Gasteiger partial charge >= 0.3 is 0 Å². The van der Waals surface area contributed by atoms with E-state index < -0.39 is 0 Å². The molecule has 1 fully saturated rings. The van der Waals surface area contributed by atoms with Crippen LogP contribution in [0.5, 0.6) is 0 Å². The first-order valence-electron chi connectivity index (χ1n) is 7.68. The molecule has 0 unspecified atom stereocenters. The molecule has 120 valence electrons. The largest absolute Gasteiger partial charge is 0.378 e. The lowest BCUT2D eigenvalue weighted by Crippen LogP contribution is -2.36. The molecular weight excluding hydrogens is 356 g/mol. The van der Waals surface area contributed by atoms with Crippen molar-refractivity contribution < 1.29 is 9.53 Å². The summed E-state index contributed by atoms with van der Waals surface area (Å²) >= 11 is 3.40. The molecule has 4 nitrogen and oxygen atoms in total. The molecule has 1 saturated heterocycles. The first kappa shape index (κ1) is 16.0. The number of rotatable bonds is 4. The number of amides is 1. The second kappa shape index (κ2) is 7.62. The lowest BCUT2D eigenvalue weighted by atomic mass is 10.1. The predicted molar refractivity (Wildman–Crippen MR) is 94.8 cm³/mol. The van der Waals surface area contributed by atoms with E-state index >= 15 is 0 Å². The Morgan fingerprint density at radius 3 is 2.48 bits per heavy atom. The molecule has 1 N–H and O–H groups in total. The Morgan fingerprint density at radius 1 is 1.09 bits per heavy atom. The number of hydrogen-bond donors (Lipinski definition) is 1. The van der Waals surface area contributed by atoms with Gasteiger partial charge in [0.25, 0.3) is 5.91 Å². The van der Waals surface area contributed by atoms with E-state index in [2.05, 4.69) is 50.4 Å². The molecule has 1 heterocycles. The van der Waals surface area contributed by atoms with Crippen LogP contribution in [-0.4, -0.2) is 32.2 Å². The molecule has 0 spiro atoms. The Balaban J connectivity index is 1.58. The highest BCUT2D eigenvalue weighted by Crippen LogP contribution is 2.18. The van der Waals surface area contributed by atoms with E-state index in [1.807, 2.05) is 18.2 Å². The third kappa shape index (κ3) is 4.12. The molecule has 0 atom stereocenters. The molecule has 0 saturated carbocycles. The minimum atomic E-state index is -0.0743. The molecule has 0 radical (unpaired) electrons. The molecule has 23 heavy (non-hydrogen) atoms. The Labute approximate surface area is 144 Å². The number of carbonyl (C=O) groups excluding carboxylic acids is 1. The van der Waals surface area contributed by atoms with Crippen molar-refractivity contribution in [2.75, 3.05) is 31.2 Å². The van der Waals surface area contributed by atoms with Crippen molar-refractivity contribution in [3.05, 3.63) is 64.1 Å². The topological polar surface area (TPSA) is 41.6 Å². The normalized spacial score (nSPS) is 14.6. The highest BCUT2D eigenvalue weighted by Gasteiger charge is 2.11. The van der Waals surface area contributed by atoms with Crippen LogP contribution in [-0.2, 0) is 11.3 Å². The van der Waals surface area contributed by atoms with Crippen LogP contribution in [0.1, 0.15) is 15.9 Å². The van der Waals surface area contributed by atoms with Gasteiger partial charge in [-0.05, 0) is 45.8 Å². The number of carbonyl (C=O) groups is 1. The van der Waals surface area contributed by atoms with Crippen LogP contribution in [0.3, 0.4) is 0 Å². The highest BCUT2D eigenvalue weighted by molar-refractivity contribution is 9.10. The molecule has 3 rings (SSSR count). The molecule has 1 aliphatic heterocycles. The maximum atomic E-state index is 12.2. The number of hydrogen-bond acceptors (Lipinski definition) is 3. The average Bonchev–Trinajstić information content (AvgIpc) is 2.61. The second-order valence-corrected chi connectivity index (χ2v) is 6.28. The molecule has 2 aromatic carbocycles. The maximum Gasteiger partial charge on any atom is 0.252 e. The minimum absolute atomic E-state index is 0.0743. The summed E-state index contributed by atoms with van der Waals surface area (Å²) in [5.41, 5.74) is 2.94. The number of nitrogens with one attached hydrogen (secondary N) is 1. The zero-order chi connectivity index (χ0) is 16.1. The van der Waals surface area contributed by atoms with Crippen LogP contribution in [0.25, 0.3) is 0 Å². The van der Waals surface area contributed by atoms with Crippen LogP contribution < -0.4 is 10.2 Å². The summed E-state index contributed by atoms with van der Waals surface area (Å²) in [4.78, 5) is 14.5. The summed E-state index contributed by atoms with van der Waals surface area (Å²) in [7, 11) is 0. The Bertz CT molecular complexity index is 667. The maximum absolute atomic E-state index is 12.2. The summed E-state index contributed by atoms with van der Waals surface area (Å²) in [6.45, 7) is 3.94. The standard InChI is InChI=1S/C18H19BrN2O2/c19-17-4-2-1-3-16(17)18(22)20-13-14-5-7-15(8-6-14)21-9-11-23-12-10-21/h1-8H,9-13H2,(H,20,22). The fourth-order valence-corrected chi connectivity index (χ4v) is 3.03. The van der Waals surface area contributed by atoms with E-state index in [1.54, 1.807) is 6.07 Å². The van der Waals surface area contributed by atoms with Crippen LogP contribution in [0, 0.1) is 0 Å². The monoisotopic (exact) mass is 374 g/mol. The fourth-order valence-electron chi connectivity index (χ4n) is 2.57. The Kier molecular flexibility index (Phi) is 5.31. The highest BCUT2D eigenvalue weighted by atomic mass is 79.9. The van der Waals surface area contributed by atoms with Gasteiger partial charge in [0.15, 0.2) is 0 Å². The van der Waals surface area contributed by atoms with Gasteiger partial charge in [-0.2, -0.15) is 0 Å². The van der Waals surface area contributed by atoms with Crippen molar-refractivity contribution in [3.8, 4) is 0 Å². The van der Waals surface area contributed by atoms with Gasteiger partial charge in [-0.1, -0.05) is 24.3 Å². The SMILES string of the molecule is O=C(NCc1ccc(N2CCOCC2)cc1)c1ccccc1Br. The lowest BCUT2D eigenvalue weighted by Gasteiger charge is -2.28. The van der Waals surface area contributed by atoms with Gasteiger partial charge in [0.05, 0.1) is 18.8 Å². The number of morpholine rings is 1. The zero-order valence-corrected chi connectivity index (χ0v) is 14.4. The molecule has 0 aromatic heterocycles. The number of ether oxygens (including phenoxy) is 1. The van der Waals surface area contributed by atoms with E-state index in [9.17, 15) is 4.79 Å². The van der Waals surface area contributed by atoms with Crippen molar-refractivity contribution in [2.45, 2.75) is 6.54 Å². The number of nitrogens with zero attached hydrogens (tertiary/aromatic N) is 1. The molecule has 0 bridgehead atoms. The van der Waals surface area contributed by atoms with Gasteiger partial charge in [0.2, 0.25) is 0 Å². The number of halogens is 1. The molecular formula is C18H19BrN2O2. The summed E-state index contributed by atoms with van der Waals surface area (Å²) in [5, 5.41) is 2.95. The molecule has 1 amide bonds. The molecule has 5 heteroatoms. The smallest absolute Gasteiger partial charge is 0.252 e. The quantitative estimate of drug-likeness (QED) is 0.893. The van der Waals surface area contributed by atoms with E-state index in [0.29, 0.717) is 12.1 Å². The third-order valence-corrected chi connectivity index (χ3v) is 4.58. The van der Waals surface area contributed by atoms with Crippen LogP contribution in [0.2, 0.25) is 0 Å². The number of benzene rings is 2. The second-order valence-electron chi connectivity index (χ2n) is 5.43. The van der Waals surface area contributed by atoms with E-state index in [0.717, 1.165) is 36.3 Å². The fraction of sp³-hybridized carbons (Fsp3) is 0.278. The summed E-state index contributed by atoms with van der Waals surface area (Å²) in [6.07, 6.45) is 0. The van der Waals surface area contributed by atoms with Crippen LogP contribution >= 0.6 is 15.9 Å².